The number of ether oxygens (including phenoxy) is 1. The summed E-state index contributed by atoms with van der Waals surface area (Å²) in [4.78, 5) is 0. The molecule has 0 spiro atoms. The highest BCUT2D eigenvalue weighted by Gasteiger charge is 2.17. The predicted octanol–water partition coefficient (Wildman–Crippen LogP) is 3.92. The van der Waals surface area contributed by atoms with Crippen molar-refractivity contribution in [1.82, 2.24) is 0 Å². The van der Waals surface area contributed by atoms with E-state index in [1.54, 1.807) is 25.1 Å². The Kier molecular flexibility index (Phi) is 5.39. The van der Waals surface area contributed by atoms with Crippen molar-refractivity contribution in [1.29, 1.82) is 0 Å². The first-order valence-electron chi connectivity index (χ1n) is 5.34. The number of hydrogen-bond donors (Lipinski definition) is 1. The molecule has 4 heteroatoms. The van der Waals surface area contributed by atoms with Gasteiger partial charge in [0.15, 0.2) is 0 Å². The van der Waals surface area contributed by atoms with E-state index in [4.69, 9.17) is 27.9 Å². The average Bonchev–Trinajstić information content (AvgIpc) is 2.20. The highest BCUT2D eigenvalue weighted by molar-refractivity contribution is 6.35. The van der Waals surface area contributed by atoms with Gasteiger partial charge in [0, 0.05) is 5.02 Å². The van der Waals surface area contributed by atoms with E-state index < -0.39 is 6.10 Å². The highest BCUT2D eigenvalue weighted by Crippen LogP contribution is 2.29. The zero-order valence-electron chi connectivity index (χ0n) is 9.41. The van der Waals surface area contributed by atoms with Gasteiger partial charge in [0.2, 0.25) is 0 Å². The van der Waals surface area contributed by atoms with Crippen LogP contribution in [0.3, 0.4) is 0 Å². The summed E-state index contributed by atoms with van der Waals surface area (Å²) in [5.41, 5.74) is 0. The maximum Gasteiger partial charge on any atom is 0.138 e. The van der Waals surface area contributed by atoms with Gasteiger partial charge in [-0.15, -0.1) is 0 Å². The summed E-state index contributed by atoms with van der Waals surface area (Å²) in [7, 11) is 0. The SMILES string of the molecule is CCCC(Oc1ccc(Cl)cc1Cl)C(C)O. The van der Waals surface area contributed by atoms with Crippen molar-refractivity contribution in [3.8, 4) is 5.75 Å². The van der Waals surface area contributed by atoms with Crippen LogP contribution in [0.5, 0.6) is 5.75 Å². The first kappa shape index (κ1) is 13.6. The van der Waals surface area contributed by atoms with Gasteiger partial charge in [-0.3, -0.25) is 0 Å². The van der Waals surface area contributed by atoms with E-state index in [0.29, 0.717) is 15.8 Å². The molecule has 0 aliphatic heterocycles. The molecule has 1 aromatic carbocycles. The van der Waals surface area contributed by atoms with Gasteiger partial charge < -0.3 is 9.84 Å². The third-order valence-electron chi connectivity index (χ3n) is 2.28. The van der Waals surface area contributed by atoms with Crippen LogP contribution in [-0.4, -0.2) is 17.3 Å². The summed E-state index contributed by atoms with van der Waals surface area (Å²) in [6.45, 7) is 3.76. The molecule has 0 amide bonds. The summed E-state index contributed by atoms with van der Waals surface area (Å²) in [6, 6.07) is 5.06. The van der Waals surface area contributed by atoms with Crippen LogP contribution < -0.4 is 4.74 Å². The highest BCUT2D eigenvalue weighted by atomic mass is 35.5. The zero-order valence-corrected chi connectivity index (χ0v) is 10.9. The normalized spacial score (nSPS) is 14.6. The topological polar surface area (TPSA) is 29.5 Å². The monoisotopic (exact) mass is 262 g/mol. The summed E-state index contributed by atoms with van der Waals surface area (Å²) < 4.78 is 5.66. The molecule has 16 heavy (non-hydrogen) atoms. The fraction of sp³-hybridized carbons (Fsp3) is 0.500. The van der Waals surface area contributed by atoms with Crippen molar-refractivity contribution in [3.05, 3.63) is 28.2 Å². The number of halogens is 2. The van der Waals surface area contributed by atoms with Gasteiger partial charge >= 0.3 is 0 Å². The second kappa shape index (κ2) is 6.33. The Morgan fingerprint density at radius 1 is 1.38 bits per heavy atom. The van der Waals surface area contributed by atoms with Gasteiger partial charge in [-0.2, -0.15) is 0 Å². The van der Waals surface area contributed by atoms with Crippen LogP contribution in [0.1, 0.15) is 26.7 Å². The molecule has 2 nitrogen and oxygen atoms in total. The summed E-state index contributed by atoms with van der Waals surface area (Å²) in [6.07, 6.45) is 0.979. The standard InChI is InChI=1S/C12H16Cl2O2/c1-3-4-11(8(2)15)16-12-6-5-9(13)7-10(12)14/h5-8,11,15H,3-4H2,1-2H3. The van der Waals surface area contributed by atoms with Crippen LogP contribution in [0.25, 0.3) is 0 Å². The average molecular weight is 263 g/mol. The first-order chi connectivity index (χ1) is 7.54. The minimum atomic E-state index is -0.522. The Morgan fingerprint density at radius 2 is 2.06 bits per heavy atom. The van der Waals surface area contributed by atoms with Crippen LogP contribution in [-0.2, 0) is 0 Å². The molecule has 2 unspecified atom stereocenters. The minimum absolute atomic E-state index is 0.233. The molecule has 0 fully saturated rings. The second-order valence-electron chi connectivity index (χ2n) is 3.76. The quantitative estimate of drug-likeness (QED) is 0.872. The molecular formula is C12H16Cl2O2. The number of hydrogen-bond acceptors (Lipinski definition) is 2. The summed E-state index contributed by atoms with van der Waals surface area (Å²) in [5, 5.41) is 10.6. The van der Waals surface area contributed by atoms with Crippen molar-refractivity contribution < 1.29 is 9.84 Å². The molecule has 0 saturated heterocycles. The van der Waals surface area contributed by atoms with Crippen molar-refractivity contribution in [2.45, 2.75) is 38.9 Å². The Bertz CT molecular complexity index is 340. The lowest BCUT2D eigenvalue weighted by molar-refractivity contribution is 0.0431. The van der Waals surface area contributed by atoms with Gasteiger partial charge in [-0.05, 0) is 31.5 Å². The lowest BCUT2D eigenvalue weighted by atomic mass is 10.1. The van der Waals surface area contributed by atoms with Crippen LogP contribution >= 0.6 is 23.2 Å². The minimum Gasteiger partial charge on any atom is -0.486 e. The maximum atomic E-state index is 9.56. The van der Waals surface area contributed by atoms with Gasteiger partial charge in [-0.25, -0.2) is 0 Å². The Balaban J connectivity index is 2.77. The van der Waals surface area contributed by atoms with Gasteiger partial charge in [0.1, 0.15) is 11.9 Å². The molecule has 0 saturated carbocycles. The first-order valence-corrected chi connectivity index (χ1v) is 6.10. The van der Waals surface area contributed by atoms with E-state index in [2.05, 4.69) is 0 Å². The number of aliphatic hydroxyl groups is 1. The molecule has 90 valence electrons. The van der Waals surface area contributed by atoms with Crippen LogP contribution in [0.15, 0.2) is 18.2 Å². The Hall–Kier alpha value is -0.440. The second-order valence-corrected chi connectivity index (χ2v) is 4.60. The van der Waals surface area contributed by atoms with Crippen molar-refractivity contribution >= 4 is 23.2 Å². The molecule has 0 bridgehead atoms. The summed E-state index contributed by atoms with van der Waals surface area (Å²) >= 11 is 11.8. The fourth-order valence-electron chi connectivity index (χ4n) is 1.42. The molecule has 1 N–H and O–H groups in total. The zero-order chi connectivity index (χ0) is 12.1. The summed E-state index contributed by atoms with van der Waals surface area (Å²) in [5.74, 6) is 0.561. The number of aliphatic hydroxyl groups excluding tert-OH is 1. The third-order valence-corrected chi connectivity index (χ3v) is 2.81. The molecule has 0 aliphatic carbocycles. The molecule has 2 atom stereocenters. The van der Waals surface area contributed by atoms with E-state index in [1.807, 2.05) is 6.92 Å². The Morgan fingerprint density at radius 3 is 2.56 bits per heavy atom. The van der Waals surface area contributed by atoms with E-state index in [0.717, 1.165) is 12.8 Å². The number of rotatable bonds is 5. The molecule has 1 aromatic rings. The van der Waals surface area contributed by atoms with E-state index in [9.17, 15) is 5.11 Å². The van der Waals surface area contributed by atoms with E-state index in [1.165, 1.54) is 0 Å². The van der Waals surface area contributed by atoms with Gasteiger partial charge in [0.05, 0.1) is 11.1 Å². The van der Waals surface area contributed by atoms with Gasteiger partial charge in [-0.1, -0.05) is 36.5 Å². The lowest BCUT2D eigenvalue weighted by Crippen LogP contribution is -2.29. The fourth-order valence-corrected chi connectivity index (χ4v) is 1.87. The molecule has 0 aliphatic rings. The number of benzene rings is 1. The van der Waals surface area contributed by atoms with Crippen LogP contribution in [0.2, 0.25) is 10.0 Å². The van der Waals surface area contributed by atoms with Gasteiger partial charge in [0.25, 0.3) is 0 Å². The molecule has 0 heterocycles. The van der Waals surface area contributed by atoms with E-state index >= 15 is 0 Å². The molecule has 0 aromatic heterocycles. The Labute approximate surface area is 106 Å². The van der Waals surface area contributed by atoms with Crippen LogP contribution in [0.4, 0.5) is 0 Å². The smallest absolute Gasteiger partial charge is 0.138 e. The molecular weight excluding hydrogens is 247 g/mol. The lowest BCUT2D eigenvalue weighted by Gasteiger charge is -2.21. The molecule has 1 rings (SSSR count). The van der Waals surface area contributed by atoms with Crippen molar-refractivity contribution in [2.75, 3.05) is 0 Å². The predicted molar refractivity (Wildman–Crippen MR) is 67.5 cm³/mol. The van der Waals surface area contributed by atoms with Crippen molar-refractivity contribution in [2.24, 2.45) is 0 Å². The largest absolute Gasteiger partial charge is 0.486 e. The molecule has 0 radical (unpaired) electrons. The van der Waals surface area contributed by atoms with Crippen molar-refractivity contribution in [3.63, 3.8) is 0 Å². The maximum absolute atomic E-state index is 9.56. The van der Waals surface area contributed by atoms with E-state index in [-0.39, 0.29) is 6.10 Å². The third kappa shape index (κ3) is 3.85. The van der Waals surface area contributed by atoms with Crippen LogP contribution in [0, 0.1) is 0 Å².